The third-order valence-electron chi connectivity index (χ3n) is 7.48. The summed E-state index contributed by atoms with van der Waals surface area (Å²) in [6.07, 6.45) is 7.63. The van der Waals surface area contributed by atoms with Crippen molar-refractivity contribution in [2.45, 2.75) is 70.9 Å². The first kappa shape index (κ1) is 26.0. The van der Waals surface area contributed by atoms with Crippen LogP contribution in [-0.2, 0) is 6.54 Å². The molecule has 5 nitrogen and oxygen atoms in total. The second-order valence-corrected chi connectivity index (χ2v) is 10.7. The Morgan fingerprint density at radius 1 is 0.857 bits per heavy atom. The van der Waals surface area contributed by atoms with Crippen LogP contribution < -0.4 is 9.47 Å². The molecule has 0 aliphatic carbocycles. The molecular weight excluding hydrogens is 436 g/mol. The van der Waals surface area contributed by atoms with Crippen LogP contribution in [0.5, 0.6) is 11.5 Å². The summed E-state index contributed by atoms with van der Waals surface area (Å²) in [7, 11) is 0. The van der Waals surface area contributed by atoms with E-state index in [-0.39, 0.29) is 0 Å². The van der Waals surface area contributed by atoms with Crippen molar-refractivity contribution in [2.75, 3.05) is 45.9 Å². The highest BCUT2D eigenvalue weighted by Crippen LogP contribution is 2.27. The summed E-state index contributed by atoms with van der Waals surface area (Å²) in [4.78, 5) is 5.02. The number of aliphatic hydroxyl groups is 1. The first-order chi connectivity index (χ1) is 17.0. The number of ether oxygens (including phenoxy) is 2. The SMILES string of the molecule is Cc1ccc(OCC2(O)CCCN(Cc3cccc(OCCCN4CCCCC4)c3)CC2)c(C)c1. The van der Waals surface area contributed by atoms with Gasteiger partial charge in [0.2, 0.25) is 0 Å². The van der Waals surface area contributed by atoms with E-state index >= 15 is 0 Å². The number of hydrogen-bond donors (Lipinski definition) is 1. The number of hydrogen-bond acceptors (Lipinski definition) is 5. The zero-order valence-corrected chi connectivity index (χ0v) is 21.8. The zero-order chi connectivity index (χ0) is 24.5. The van der Waals surface area contributed by atoms with Gasteiger partial charge in [-0.1, -0.05) is 36.2 Å². The van der Waals surface area contributed by atoms with Crippen molar-refractivity contribution in [3.63, 3.8) is 0 Å². The van der Waals surface area contributed by atoms with E-state index in [1.165, 1.54) is 43.5 Å². The maximum atomic E-state index is 11.2. The van der Waals surface area contributed by atoms with Crippen molar-refractivity contribution in [3.05, 3.63) is 59.2 Å². The van der Waals surface area contributed by atoms with Crippen LogP contribution in [-0.4, -0.2) is 66.4 Å². The molecule has 5 heteroatoms. The standard InChI is InChI=1S/C30H44N2O3/c1-25-11-12-29(26(2)21-25)35-24-30(33)13-7-17-32(19-14-30)23-27-9-6-10-28(22-27)34-20-8-18-31-15-4-3-5-16-31/h6,9-12,21-22,33H,3-5,7-8,13-20,23-24H2,1-2H3. The molecule has 1 N–H and O–H groups in total. The Labute approximate surface area is 212 Å². The zero-order valence-electron chi connectivity index (χ0n) is 21.8. The van der Waals surface area contributed by atoms with Gasteiger partial charge in [-0.2, -0.15) is 0 Å². The average molecular weight is 481 g/mol. The highest BCUT2D eigenvalue weighted by molar-refractivity contribution is 5.35. The summed E-state index contributed by atoms with van der Waals surface area (Å²) in [6, 6.07) is 14.7. The second kappa shape index (κ2) is 12.8. The number of piperidine rings is 1. The Morgan fingerprint density at radius 3 is 2.51 bits per heavy atom. The van der Waals surface area contributed by atoms with Gasteiger partial charge >= 0.3 is 0 Å². The van der Waals surface area contributed by atoms with Crippen LogP contribution in [0.2, 0.25) is 0 Å². The number of likely N-dealkylation sites (tertiary alicyclic amines) is 2. The molecule has 1 atom stereocenters. The highest BCUT2D eigenvalue weighted by atomic mass is 16.5. The van der Waals surface area contributed by atoms with Crippen LogP contribution in [0, 0.1) is 13.8 Å². The minimum Gasteiger partial charge on any atom is -0.494 e. The lowest BCUT2D eigenvalue weighted by molar-refractivity contribution is -0.0170. The molecule has 0 aromatic heterocycles. The Kier molecular flexibility index (Phi) is 9.47. The topological polar surface area (TPSA) is 45.2 Å². The fraction of sp³-hybridized carbons (Fsp3) is 0.600. The molecule has 2 saturated heterocycles. The van der Waals surface area contributed by atoms with Crippen LogP contribution in [0.1, 0.15) is 61.6 Å². The van der Waals surface area contributed by atoms with Gasteiger partial charge in [0.1, 0.15) is 18.1 Å². The molecule has 0 bridgehead atoms. The Balaban J connectivity index is 1.21. The lowest BCUT2D eigenvalue weighted by Gasteiger charge is -2.27. The third-order valence-corrected chi connectivity index (χ3v) is 7.48. The minimum absolute atomic E-state index is 0.353. The van der Waals surface area contributed by atoms with E-state index in [0.717, 1.165) is 75.5 Å². The minimum atomic E-state index is -0.772. The summed E-state index contributed by atoms with van der Waals surface area (Å²) in [5, 5.41) is 11.2. The fourth-order valence-corrected chi connectivity index (χ4v) is 5.36. The summed E-state index contributed by atoms with van der Waals surface area (Å²) in [5.74, 6) is 1.84. The molecule has 0 amide bonds. The summed E-state index contributed by atoms with van der Waals surface area (Å²) in [5.41, 5.74) is 2.85. The van der Waals surface area contributed by atoms with Gasteiger partial charge in [0.25, 0.3) is 0 Å². The number of aryl methyl sites for hydroxylation is 2. The molecule has 0 saturated carbocycles. The first-order valence-corrected chi connectivity index (χ1v) is 13.6. The second-order valence-electron chi connectivity index (χ2n) is 10.7. The summed E-state index contributed by atoms with van der Waals surface area (Å²) >= 11 is 0. The Hall–Kier alpha value is -2.08. The Bertz CT molecular complexity index is 928. The van der Waals surface area contributed by atoms with Crippen molar-refractivity contribution < 1.29 is 14.6 Å². The molecule has 35 heavy (non-hydrogen) atoms. The first-order valence-electron chi connectivity index (χ1n) is 13.6. The molecular formula is C30H44N2O3. The normalized spacial score (nSPS) is 22.0. The largest absolute Gasteiger partial charge is 0.494 e. The quantitative estimate of drug-likeness (QED) is 0.464. The molecule has 4 rings (SSSR count). The molecule has 2 aliphatic heterocycles. The van der Waals surface area contributed by atoms with E-state index in [1.54, 1.807) is 0 Å². The number of nitrogens with zero attached hydrogens (tertiary/aromatic N) is 2. The third kappa shape index (κ3) is 8.23. The summed E-state index contributed by atoms with van der Waals surface area (Å²) in [6.45, 7) is 11.7. The van der Waals surface area contributed by atoms with Crippen LogP contribution >= 0.6 is 0 Å². The van der Waals surface area contributed by atoms with E-state index in [2.05, 4.69) is 60.0 Å². The van der Waals surface area contributed by atoms with Crippen LogP contribution in [0.3, 0.4) is 0 Å². The predicted molar refractivity (Wildman–Crippen MR) is 142 cm³/mol. The molecule has 1 unspecified atom stereocenters. The van der Waals surface area contributed by atoms with Crippen molar-refractivity contribution in [3.8, 4) is 11.5 Å². The molecule has 0 spiro atoms. The van der Waals surface area contributed by atoms with Gasteiger partial charge in [-0.15, -0.1) is 0 Å². The van der Waals surface area contributed by atoms with E-state index in [1.807, 2.05) is 6.07 Å². The predicted octanol–water partition coefficient (Wildman–Crippen LogP) is 5.35. The molecule has 2 aliphatic rings. The lowest BCUT2D eigenvalue weighted by atomic mass is 9.96. The number of benzene rings is 2. The molecule has 192 valence electrons. The van der Waals surface area contributed by atoms with Crippen LogP contribution in [0.25, 0.3) is 0 Å². The van der Waals surface area contributed by atoms with Crippen LogP contribution in [0.15, 0.2) is 42.5 Å². The molecule has 2 heterocycles. The molecule has 0 radical (unpaired) electrons. The van der Waals surface area contributed by atoms with E-state index in [4.69, 9.17) is 9.47 Å². The monoisotopic (exact) mass is 480 g/mol. The van der Waals surface area contributed by atoms with Gasteiger partial charge in [-0.05, 0) is 101 Å². The molecule has 2 aromatic rings. The van der Waals surface area contributed by atoms with Crippen molar-refractivity contribution in [1.82, 2.24) is 9.80 Å². The average Bonchev–Trinajstić information content (AvgIpc) is 3.04. The molecule has 2 fully saturated rings. The molecule has 2 aromatic carbocycles. The lowest BCUT2D eigenvalue weighted by Crippen LogP contribution is -2.37. The van der Waals surface area contributed by atoms with Crippen LogP contribution in [0.4, 0.5) is 0 Å². The van der Waals surface area contributed by atoms with E-state index < -0.39 is 5.60 Å². The van der Waals surface area contributed by atoms with E-state index in [0.29, 0.717) is 6.61 Å². The van der Waals surface area contributed by atoms with Crippen molar-refractivity contribution in [1.29, 1.82) is 0 Å². The summed E-state index contributed by atoms with van der Waals surface area (Å²) < 4.78 is 12.1. The Morgan fingerprint density at radius 2 is 1.69 bits per heavy atom. The van der Waals surface area contributed by atoms with Gasteiger partial charge in [0, 0.05) is 19.6 Å². The fourth-order valence-electron chi connectivity index (χ4n) is 5.36. The maximum Gasteiger partial charge on any atom is 0.122 e. The van der Waals surface area contributed by atoms with Crippen molar-refractivity contribution >= 4 is 0 Å². The highest BCUT2D eigenvalue weighted by Gasteiger charge is 2.31. The number of rotatable bonds is 10. The van der Waals surface area contributed by atoms with E-state index in [9.17, 15) is 5.11 Å². The van der Waals surface area contributed by atoms with Crippen molar-refractivity contribution in [2.24, 2.45) is 0 Å². The smallest absolute Gasteiger partial charge is 0.122 e. The van der Waals surface area contributed by atoms with Gasteiger partial charge in [-0.25, -0.2) is 0 Å². The maximum absolute atomic E-state index is 11.2. The van der Waals surface area contributed by atoms with Gasteiger partial charge in [0.15, 0.2) is 0 Å². The van der Waals surface area contributed by atoms with Gasteiger partial charge in [-0.3, -0.25) is 4.90 Å². The van der Waals surface area contributed by atoms with Gasteiger partial charge < -0.3 is 19.5 Å². The van der Waals surface area contributed by atoms with Gasteiger partial charge in [0.05, 0.1) is 12.2 Å².